The molecule has 0 bridgehead atoms. The lowest BCUT2D eigenvalue weighted by atomic mass is 9.89. The summed E-state index contributed by atoms with van der Waals surface area (Å²) in [7, 11) is 1.72. The van der Waals surface area contributed by atoms with Crippen molar-refractivity contribution in [3.63, 3.8) is 0 Å². The first-order valence-electron chi connectivity index (χ1n) is 6.53. The normalized spacial score (nSPS) is 13.6. The summed E-state index contributed by atoms with van der Waals surface area (Å²) in [5.74, 6) is -0.219. The van der Waals surface area contributed by atoms with Crippen LogP contribution in [0.5, 0.6) is 0 Å². The monoisotopic (exact) mass is 331 g/mol. The Kier molecular flexibility index (Phi) is 6.43. The van der Waals surface area contributed by atoms with Crippen LogP contribution in [0.3, 0.4) is 0 Å². The predicted octanol–water partition coefficient (Wildman–Crippen LogP) is 4.30. The number of halogens is 2. The smallest absolute Gasteiger partial charge is 0.124 e. The summed E-state index contributed by atoms with van der Waals surface area (Å²) in [6.07, 6.45) is 1.01. The predicted molar refractivity (Wildman–Crippen MR) is 80.8 cm³/mol. The van der Waals surface area contributed by atoms with Gasteiger partial charge in [0.2, 0.25) is 0 Å². The molecule has 0 saturated heterocycles. The number of rotatable bonds is 7. The Bertz CT molecular complexity index is 409. The van der Waals surface area contributed by atoms with Gasteiger partial charge < -0.3 is 10.1 Å². The van der Waals surface area contributed by atoms with E-state index in [-0.39, 0.29) is 17.3 Å². The van der Waals surface area contributed by atoms with E-state index in [1.165, 1.54) is 12.1 Å². The molecule has 108 valence electrons. The average Bonchev–Trinajstić information content (AvgIpc) is 2.34. The van der Waals surface area contributed by atoms with Crippen LogP contribution in [0.2, 0.25) is 0 Å². The van der Waals surface area contributed by atoms with E-state index >= 15 is 0 Å². The molecule has 0 heterocycles. The van der Waals surface area contributed by atoms with Crippen molar-refractivity contribution in [3.8, 4) is 0 Å². The molecule has 1 rings (SSSR count). The van der Waals surface area contributed by atoms with Gasteiger partial charge in [-0.1, -0.05) is 35.8 Å². The zero-order valence-electron chi connectivity index (χ0n) is 12.1. The molecule has 1 aromatic carbocycles. The Morgan fingerprint density at radius 3 is 2.68 bits per heavy atom. The molecule has 0 aliphatic rings. The van der Waals surface area contributed by atoms with Crippen molar-refractivity contribution in [3.05, 3.63) is 34.1 Å². The van der Waals surface area contributed by atoms with E-state index in [0.717, 1.165) is 29.6 Å². The quantitative estimate of drug-likeness (QED) is 0.804. The van der Waals surface area contributed by atoms with Crippen LogP contribution in [0.4, 0.5) is 4.39 Å². The van der Waals surface area contributed by atoms with Gasteiger partial charge >= 0.3 is 0 Å². The van der Waals surface area contributed by atoms with Crippen LogP contribution in [0.1, 0.15) is 38.8 Å². The van der Waals surface area contributed by atoms with E-state index in [2.05, 4.69) is 42.0 Å². The molecule has 0 aromatic heterocycles. The molecule has 0 spiro atoms. The Morgan fingerprint density at radius 1 is 1.42 bits per heavy atom. The Morgan fingerprint density at radius 2 is 2.11 bits per heavy atom. The number of ether oxygens (including phenoxy) is 1. The van der Waals surface area contributed by atoms with Crippen LogP contribution in [0, 0.1) is 11.2 Å². The lowest BCUT2D eigenvalue weighted by Crippen LogP contribution is -2.32. The highest BCUT2D eigenvalue weighted by Crippen LogP contribution is 2.26. The number of benzene rings is 1. The van der Waals surface area contributed by atoms with Gasteiger partial charge in [0, 0.05) is 30.8 Å². The molecule has 4 heteroatoms. The fraction of sp³-hybridized carbons (Fsp3) is 0.600. The van der Waals surface area contributed by atoms with Gasteiger partial charge in [-0.25, -0.2) is 4.39 Å². The second-order valence-electron chi connectivity index (χ2n) is 5.68. The molecular formula is C15H23BrFNO. The van der Waals surface area contributed by atoms with Crippen molar-refractivity contribution < 1.29 is 9.13 Å². The molecule has 19 heavy (non-hydrogen) atoms. The molecule has 0 aliphatic carbocycles. The van der Waals surface area contributed by atoms with E-state index in [4.69, 9.17) is 4.74 Å². The Hall–Kier alpha value is -0.450. The standard InChI is InChI=1S/C15H23BrFNO/c1-11(13-6-5-12(17)9-14(13)16)18-10-15(2,3)7-8-19-4/h5-6,9,11,18H,7-8,10H2,1-4H3. The van der Waals surface area contributed by atoms with Crippen LogP contribution in [0.25, 0.3) is 0 Å². The second kappa shape index (κ2) is 7.36. The third-order valence-corrected chi connectivity index (χ3v) is 3.99. The SMILES string of the molecule is COCCC(C)(C)CNC(C)c1ccc(F)cc1Br. The maximum Gasteiger partial charge on any atom is 0.124 e. The molecule has 2 nitrogen and oxygen atoms in total. The van der Waals surface area contributed by atoms with Crippen LogP contribution in [0.15, 0.2) is 22.7 Å². The molecule has 1 aromatic rings. The van der Waals surface area contributed by atoms with Gasteiger partial charge in [0.25, 0.3) is 0 Å². The van der Waals surface area contributed by atoms with E-state index in [1.54, 1.807) is 7.11 Å². The topological polar surface area (TPSA) is 21.3 Å². The van der Waals surface area contributed by atoms with Crippen molar-refractivity contribution >= 4 is 15.9 Å². The largest absolute Gasteiger partial charge is 0.385 e. The number of hydrogen-bond acceptors (Lipinski definition) is 2. The fourth-order valence-electron chi connectivity index (χ4n) is 1.86. The summed E-state index contributed by atoms with van der Waals surface area (Å²) in [5, 5.41) is 3.50. The second-order valence-corrected chi connectivity index (χ2v) is 6.53. The van der Waals surface area contributed by atoms with E-state index in [0.29, 0.717) is 0 Å². The highest BCUT2D eigenvalue weighted by molar-refractivity contribution is 9.10. The molecule has 0 amide bonds. The average molecular weight is 332 g/mol. The van der Waals surface area contributed by atoms with Crippen LogP contribution in [-0.4, -0.2) is 20.3 Å². The van der Waals surface area contributed by atoms with Crippen molar-refractivity contribution in [1.29, 1.82) is 0 Å². The van der Waals surface area contributed by atoms with Crippen molar-refractivity contribution in [2.75, 3.05) is 20.3 Å². The van der Waals surface area contributed by atoms with Crippen LogP contribution in [-0.2, 0) is 4.74 Å². The summed E-state index contributed by atoms with van der Waals surface area (Å²) in [4.78, 5) is 0. The molecule has 1 N–H and O–H groups in total. The first-order valence-corrected chi connectivity index (χ1v) is 7.32. The van der Waals surface area contributed by atoms with Gasteiger partial charge in [-0.05, 0) is 36.5 Å². The Balaban J connectivity index is 2.57. The minimum atomic E-state index is -0.219. The minimum absolute atomic E-state index is 0.177. The Labute approximate surface area is 123 Å². The van der Waals surface area contributed by atoms with Gasteiger partial charge in [-0.15, -0.1) is 0 Å². The van der Waals surface area contributed by atoms with Crippen molar-refractivity contribution in [2.24, 2.45) is 5.41 Å². The fourth-order valence-corrected chi connectivity index (χ4v) is 2.55. The zero-order chi connectivity index (χ0) is 14.5. The number of methoxy groups -OCH3 is 1. The van der Waals surface area contributed by atoms with E-state index < -0.39 is 0 Å². The minimum Gasteiger partial charge on any atom is -0.385 e. The van der Waals surface area contributed by atoms with Gasteiger partial charge in [0.1, 0.15) is 5.82 Å². The van der Waals surface area contributed by atoms with Gasteiger partial charge in [-0.2, -0.15) is 0 Å². The molecule has 1 atom stereocenters. The highest BCUT2D eigenvalue weighted by Gasteiger charge is 2.19. The van der Waals surface area contributed by atoms with E-state index in [9.17, 15) is 4.39 Å². The van der Waals surface area contributed by atoms with Gasteiger partial charge in [0.15, 0.2) is 0 Å². The van der Waals surface area contributed by atoms with Gasteiger partial charge in [0.05, 0.1) is 0 Å². The lowest BCUT2D eigenvalue weighted by molar-refractivity contribution is 0.149. The molecule has 0 saturated carbocycles. The first kappa shape index (κ1) is 16.6. The van der Waals surface area contributed by atoms with Crippen LogP contribution >= 0.6 is 15.9 Å². The molecule has 0 aliphatic heterocycles. The number of hydrogen-bond donors (Lipinski definition) is 1. The maximum absolute atomic E-state index is 13.1. The number of nitrogens with one attached hydrogen (secondary N) is 1. The third-order valence-electron chi connectivity index (χ3n) is 3.30. The maximum atomic E-state index is 13.1. The first-order chi connectivity index (χ1) is 8.85. The van der Waals surface area contributed by atoms with Crippen molar-refractivity contribution in [2.45, 2.75) is 33.2 Å². The summed E-state index contributed by atoms with van der Waals surface area (Å²) in [5.41, 5.74) is 1.25. The lowest BCUT2D eigenvalue weighted by Gasteiger charge is -2.27. The van der Waals surface area contributed by atoms with E-state index in [1.807, 2.05) is 6.07 Å². The summed E-state index contributed by atoms with van der Waals surface area (Å²) in [6, 6.07) is 4.99. The molecule has 1 unspecified atom stereocenters. The van der Waals surface area contributed by atoms with Crippen molar-refractivity contribution in [1.82, 2.24) is 5.32 Å². The van der Waals surface area contributed by atoms with Gasteiger partial charge in [-0.3, -0.25) is 0 Å². The van der Waals surface area contributed by atoms with Crippen LogP contribution < -0.4 is 5.32 Å². The molecular weight excluding hydrogens is 309 g/mol. The zero-order valence-corrected chi connectivity index (χ0v) is 13.7. The molecule has 0 radical (unpaired) electrons. The summed E-state index contributed by atoms with van der Waals surface area (Å²) in [6.45, 7) is 8.17. The highest BCUT2D eigenvalue weighted by atomic mass is 79.9. The summed E-state index contributed by atoms with van der Waals surface area (Å²) < 4.78 is 19.0. The third kappa shape index (κ3) is 5.59. The summed E-state index contributed by atoms with van der Waals surface area (Å²) >= 11 is 3.41. The molecule has 0 fully saturated rings.